The molecule has 2 rings (SSSR count). The number of hydrogen-bond acceptors (Lipinski definition) is 4. The molecule has 6 heteroatoms. The summed E-state index contributed by atoms with van der Waals surface area (Å²) < 4.78 is 17.0. The van der Waals surface area contributed by atoms with Crippen LogP contribution < -0.4 is 9.47 Å². The van der Waals surface area contributed by atoms with Gasteiger partial charge in [-0.05, 0) is 54.0 Å². The molecule has 21 heavy (non-hydrogen) atoms. The van der Waals surface area contributed by atoms with Gasteiger partial charge < -0.3 is 19.0 Å². The minimum absolute atomic E-state index is 0.0862. The molecule has 1 heterocycles. The lowest BCUT2D eigenvalue weighted by Crippen LogP contribution is -1.97. The number of carboxylic acid groups (broad SMARTS) is 1. The molecule has 0 saturated carbocycles. The van der Waals surface area contributed by atoms with Crippen LogP contribution in [0.5, 0.6) is 11.5 Å². The lowest BCUT2D eigenvalue weighted by Gasteiger charge is -2.09. The molecule has 0 aliphatic carbocycles. The van der Waals surface area contributed by atoms with E-state index in [1.54, 1.807) is 13.0 Å². The molecule has 112 valence electrons. The molecule has 1 N–H and O–H groups in total. The fourth-order valence-corrected chi connectivity index (χ4v) is 2.25. The Balaban J connectivity index is 2.07. The summed E-state index contributed by atoms with van der Waals surface area (Å²) in [7, 11) is 0. The molecular formula is C15H15BrO5. The minimum atomic E-state index is -1.09. The van der Waals surface area contributed by atoms with Crippen molar-refractivity contribution in [1.82, 2.24) is 0 Å². The second kappa shape index (κ2) is 6.67. The zero-order valence-electron chi connectivity index (χ0n) is 11.7. The van der Waals surface area contributed by atoms with Gasteiger partial charge in [0.2, 0.25) is 5.76 Å². The molecular weight excluding hydrogens is 340 g/mol. The third-order valence-electron chi connectivity index (χ3n) is 2.83. The first kappa shape index (κ1) is 15.4. The molecule has 0 aliphatic heterocycles. The average Bonchev–Trinajstić information content (AvgIpc) is 2.80. The van der Waals surface area contributed by atoms with E-state index in [2.05, 4.69) is 15.9 Å². The number of benzene rings is 1. The van der Waals surface area contributed by atoms with Gasteiger partial charge in [-0.3, -0.25) is 0 Å². The zero-order valence-corrected chi connectivity index (χ0v) is 13.3. The van der Waals surface area contributed by atoms with Gasteiger partial charge in [-0.1, -0.05) is 0 Å². The first-order chi connectivity index (χ1) is 10.0. The van der Waals surface area contributed by atoms with Crippen LogP contribution in [0.1, 0.15) is 28.8 Å². The fraction of sp³-hybridized carbons (Fsp3) is 0.267. The summed E-state index contributed by atoms with van der Waals surface area (Å²) in [6, 6.07) is 6.90. The highest BCUT2D eigenvalue weighted by atomic mass is 79.9. The molecule has 2 aromatic rings. The van der Waals surface area contributed by atoms with Crippen LogP contribution in [0.3, 0.4) is 0 Å². The topological polar surface area (TPSA) is 68.9 Å². The van der Waals surface area contributed by atoms with Crippen LogP contribution in [0.25, 0.3) is 0 Å². The van der Waals surface area contributed by atoms with E-state index in [4.69, 9.17) is 19.0 Å². The molecule has 5 nitrogen and oxygen atoms in total. The quantitative estimate of drug-likeness (QED) is 0.847. The molecule has 0 fully saturated rings. The van der Waals surface area contributed by atoms with Gasteiger partial charge in [-0.2, -0.15) is 0 Å². The summed E-state index contributed by atoms with van der Waals surface area (Å²) in [5.41, 5.74) is 0.702. The van der Waals surface area contributed by atoms with E-state index in [0.717, 1.165) is 10.2 Å². The summed E-state index contributed by atoms with van der Waals surface area (Å²) in [6.07, 6.45) is 0. The van der Waals surface area contributed by atoms with Crippen LogP contribution in [-0.2, 0) is 6.61 Å². The number of aromatic carboxylic acids is 1. The van der Waals surface area contributed by atoms with Gasteiger partial charge >= 0.3 is 5.97 Å². The number of carbonyl (C=O) groups is 1. The molecule has 0 atom stereocenters. The van der Waals surface area contributed by atoms with Crippen molar-refractivity contribution in [3.8, 4) is 11.5 Å². The predicted octanol–water partition coefficient (Wildman–Crippen LogP) is 4.03. The van der Waals surface area contributed by atoms with Crippen LogP contribution >= 0.6 is 15.9 Å². The first-order valence-electron chi connectivity index (χ1n) is 6.39. The van der Waals surface area contributed by atoms with E-state index < -0.39 is 5.97 Å². The van der Waals surface area contributed by atoms with E-state index in [1.165, 1.54) is 6.07 Å². The molecule has 1 aromatic heterocycles. The lowest BCUT2D eigenvalue weighted by molar-refractivity contribution is 0.0661. The van der Waals surface area contributed by atoms with Crippen LogP contribution in [0.2, 0.25) is 0 Å². The number of aryl methyl sites for hydroxylation is 1. The minimum Gasteiger partial charge on any atom is -0.494 e. The van der Waals surface area contributed by atoms with Gasteiger partial charge in [0.1, 0.15) is 23.9 Å². The highest BCUT2D eigenvalue weighted by Gasteiger charge is 2.14. The molecule has 0 spiro atoms. The van der Waals surface area contributed by atoms with E-state index in [9.17, 15) is 4.79 Å². The monoisotopic (exact) mass is 354 g/mol. The molecule has 0 amide bonds. The van der Waals surface area contributed by atoms with Gasteiger partial charge in [-0.15, -0.1) is 0 Å². The number of hydrogen-bond donors (Lipinski definition) is 1. The smallest absolute Gasteiger partial charge is 0.371 e. The number of ether oxygens (including phenoxy) is 2. The predicted molar refractivity (Wildman–Crippen MR) is 80.0 cm³/mol. The van der Waals surface area contributed by atoms with Crippen LogP contribution in [0.15, 0.2) is 33.2 Å². The Morgan fingerprint density at radius 1 is 1.33 bits per heavy atom. The van der Waals surface area contributed by atoms with E-state index in [1.807, 2.05) is 19.1 Å². The Labute approximate surface area is 130 Å². The maximum atomic E-state index is 10.8. The van der Waals surface area contributed by atoms with Crippen molar-refractivity contribution < 1.29 is 23.8 Å². The summed E-state index contributed by atoms with van der Waals surface area (Å²) in [5.74, 6) is 0.762. The Morgan fingerprint density at radius 3 is 2.67 bits per heavy atom. The van der Waals surface area contributed by atoms with Crippen molar-refractivity contribution in [3.63, 3.8) is 0 Å². The Morgan fingerprint density at radius 2 is 2.10 bits per heavy atom. The first-order valence-corrected chi connectivity index (χ1v) is 7.18. The Bertz CT molecular complexity index is 648. The van der Waals surface area contributed by atoms with Crippen LogP contribution in [0, 0.1) is 6.92 Å². The van der Waals surface area contributed by atoms with E-state index in [-0.39, 0.29) is 12.4 Å². The number of carboxylic acids is 1. The summed E-state index contributed by atoms with van der Waals surface area (Å²) in [4.78, 5) is 10.8. The number of rotatable bonds is 6. The van der Waals surface area contributed by atoms with Gasteiger partial charge in [0.25, 0.3) is 0 Å². The van der Waals surface area contributed by atoms with Crippen LogP contribution in [0.4, 0.5) is 0 Å². The molecule has 0 bridgehead atoms. The van der Waals surface area contributed by atoms with Crippen LogP contribution in [-0.4, -0.2) is 17.7 Å². The van der Waals surface area contributed by atoms with Crippen molar-refractivity contribution in [2.24, 2.45) is 0 Å². The van der Waals surface area contributed by atoms with Crippen molar-refractivity contribution in [2.75, 3.05) is 6.61 Å². The third kappa shape index (κ3) is 3.78. The summed E-state index contributed by atoms with van der Waals surface area (Å²) >= 11 is 3.42. The highest BCUT2D eigenvalue weighted by molar-refractivity contribution is 9.10. The van der Waals surface area contributed by atoms with Crippen molar-refractivity contribution in [1.29, 1.82) is 0 Å². The second-order valence-electron chi connectivity index (χ2n) is 4.31. The standard InChI is InChI=1S/C15H15BrO5/c1-3-19-11-4-5-13(12(16)7-11)20-8-10-6-14(15(17)18)21-9(10)2/h4-7H,3,8H2,1-2H3,(H,17,18). The second-order valence-corrected chi connectivity index (χ2v) is 5.17. The fourth-order valence-electron chi connectivity index (χ4n) is 1.78. The largest absolute Gasteiger partial charge is 0.494 e. The Kier molecular flexibility index (Phi) is 4.90. The third-order valence-corrected chi connectivity index (χ3v) is 3.45. The average molecular weight is 355 g/mol. The molecule has 0 aliphatic rings. The maximum absolute atomic E-state index is 10.8. The Hall–Kier alpha value is -1.95. The normalized spacial score (nSPS) is 10.4. The number of halogens is 1. The highest BCUT2D eigenvalue weighted by Crippen LogP contribution is 2.30. The SMILES string of the molecule is CCOc1ccc(OCc2cc(C(=O)O)oc2C)c(Br)c1. The van der Waals surface area contributed by atoms with Gasteiger partial charge in [0.05, 0.1) is 11.1 Å². The summed E-state index contributed by atoms with van der Waals surface area (Å²) in [5, 5.41) is 8.88. The van der Waals surface area contributed by atoms with E-state index >= 15 is 0 Å². The van der Waals surface area contributed by atoms with Gasteiger partial charge in [0, 0.05) is 5.56 Å². The van der Waals surface area contributed by atoms with Gasteiger partial charge in [-0.25, -0.2) is 4.79 Å². The van der Waals surface area contributed by atoms with Crippen molar-refractivity contribution in [3.05, 3.63) is 45.8 Å². The summed E-state index contributed by atoms with van der Waals surface area (Å²) in [6.45, 7) is 4.45. The lowest BCUT2D eigenvalue weighted by atomic mass is 10.2. The van der Waals surface area contributed by atoms with Crippen molar-refractivity contribution >= 4 is 21.9 Å². The molecule has 0 unspecified atom stereocenters. The van der Waals surface area contributed by atoms with Gasteiger partial charge in [0.15, 0.2) is 0 Å². The van der Waals surface area contributed by atoms with E-state index in [0.29, 0.717) is 23.7 Å². The molecule has 0 radical (unpaired) electrons. The zero-order chi connectivity index (χ0) is 15.4. The number of furan rings is 1. The maximum Gasteiger partial charge on any atom is 0.371 e. The molecule has 0 saturated heterocycles. The molecule has 1 aromatic carbocycles. The van der Waals surface area contributed by atoms with Crippen molar-refractivity contribution in [2.45, 2.75) is 20.5 Å².